The summed E-state index contributed by atoms with van der Waals surface area (Å²) in [5, 5.41) is 10.0. The summed E-state index contributed by atoms with van der Waals surface area (Å²) in [4.78, 5) is 29.3. The Hall–Kier alpha value is -3.13. The molecule has 0 amide bonds. The van der Waals surface area contributed by atoms with Gasteiger partial charge in [0.05, 0.1) is 24.8 Å². The van der Waals surface area contributed by atoms with Crippen molar-refractivity contribution in [2.75, 3.05) is 14.2 Å². The van der Waals surface area contributed by atoms with Gasteiger partial charge >= 0.3 is 5.97 Å². The zero-order valence-electron chi connectivity index (χ0n) is 18.1. The highest BCUT2D eigenvalue weighted by atomic mass is 32.1. The fourth-order valence-electron chi connectivity index (χ4n) is 4.08. The summed E-state index contributed by atoms with van der Waals surface area (Å²) in [6, 6.07) is 5.40. The van der Waals surface area contributed by atoms with Crippen LogP contribution in [0.3, 0.4) is 0 Å². The number of hydrogen-bond acceptors (Lipinski definition) is 6. The maximum atomic E-state index is 12.5. The van der Waals surface area contributed by atoms with E-state index >= 15 is 0 Å². The van der Waals surface area contributed by atoms with Gasteiger partial charge in [-0.3, -0.25) is 4.79 Å². The highest BCUT2D eigenvalue weighted by Gasteiger charge is 2.34. The molecule has 1 N–H and O–H groups in total. The van der Waals surface area contributed by atoms with E-state index in [4.69, 9.17) is 9.47 Å². The van der Waals surface area contributed by atoms with Gasteiger partial charge in [0.25, 0.3) is 5.19 Å². The van der Waals surface area contributed by atoms with Crippen LogP contribution in [0.5, 0.6) is 10.9 Å². The van der Waals surface area contributed by atoms with Crippen LogP contribution in [0.4, 0.5) is 0 Å². The standard InChI is InChI=1S/C23H24N2O5S/c1-23(2,3)20-7-12-6-14(19-10-24-22(30-5)31-19)18(29-4)8-13(12)16-9-17(26)15(21(27)28)11-25(16)20/h6,8-11,20H,7H2,1-5H3,(H,27,28). The van der Waals surface area contributed by atoms with E-state index in [-0.39, 0.29) is 17.0 Å². The van der Waals surface area contributed by atoms with E-state index in [1.54, 1.807) is 20.4 Å². The Morgan fingerprint density at radius 3 is 2.52 bits per heavy atom. The quantitative estimate of drug-likeness (QED) is 0.642. The molecular weight excluding hydrogens is 416 g/mol. The normalized spacial score (nSPS) is 15.2. The molecule has 1 aliphatic rings. The molecule has 1 aliphatic heterocycles. The maximum absolute atomic E-state index is 12.5. The van der Waals surface area contributed by atoms with Crippen LogP contribution < -0.4 is 14.9 Å². The van der Waals surface area contributed by atoms with Crippen molar-refractivity contribution in [1.82, 2.24) is 9.55 Å². The zero-order valence-corrected chi connectivity index (χ0v) is 18.9. The lowest BCUT2D eigenvalue weighted by molar-refractivity contribution is 0.0693. The Morgan fingerprint density at radius 1 is 1.19 bits per heavy atom. The van der Waals surface area contributed by atoms with Crippen LogP contribution in [0.15, 0.2) is 35.4 Å². The van der Waals surface area contributed by atoms with Gasteiger partial charge in [-0.2, -0.15) is 0 Å². The number of thiazole rings is 1. The Kier molecular flexibility index (Phi) is 5.13. The maximum Gasteiger partial charge on any atom is 0.341 e. The molecule has 0 radical (unpaired) electrons. The van der Waals surface area contributed by atoms with E-state index in [0.717, 1.165) is 21.6 Å². The van der Waals surface area contributed by atoms with Gasteiger partial charge in [-0.05, 0) is 29.5 Å². The van der Waals surface area contributed by atoms with E-state index in [1.165, 1.54) is 23.6 Å². The molecule has 0 bridgehead atoms. The molecule has 0 saturated heterocycles. The SMILES string of the molecule is COc1ncc(-c2cc3c(cc2OC)-c2cc(=O)c(C(=O)O)cn2C(C(C)(C)C)C3)s1. The van der Waals surface area contributed by atoms with Crippen LogP contribution in [0.2, 0.25) is 0 Å². The second kappa shape index (κ2) is 7.53. The first-order chi connectivity index (χ1) is 14.6. The Balaban J connectivity index is 1.98. The van der Waals surface area contributed by atoms with Crippen molar-refractivity contribution in [3.05, 3.63) is 51.9 Å². The molecule has 1 aromatic carbocycles. The minimum absolute atomic E-state index is 0.0223. The topological polar surface area (TPSA) is 90.7 Å². The van der Waals surface area contributed by atoms with Crippen LogP contribution in [-0.4, -0.2) is 34.8 Å². The molecule has 31 heavy (non-hydrogen) atoms. The molecule has 4 rings (SSSR count). The number of aromatic carboxylic acids is 1. The van der Waals surface area contributed by atoms with Crippen LogP contribution in [0, 0.1) is 5.41 Å². The number of fused-ring (bicyclic) bond motifs is 3. The van der Waals surface area contributed by atoms with Crippen molar-refractivity contribution in [3.8, 4) is 32.6 Å². The van der Waals surface area contributed by atoms with E-state index < -0.39 is 11.4 Å². The van der Waals surface area contributed by atoms with Crippen molar-refractivity contribution >= 4 is 17.3 Å². The van der Waals surface area contributed by atoms with Crippen molar-refractivity contribution in [1.29, 1.82) is 0 Å². The summed E-state index contributed by atoms with van der Waals surface area (Å²) in [5.74, 6) is -0.564. The van der Waals surface area contributed by atoms with Crippen molar-refractivity contribution in [2.24, 2.45) is 5.41 Å². The largest absolute Gasteiger partial charge is 0.496 e. The molecule has 1 unspecified atom stereocenters. The number of ether oxygens (including phenoxy) is 2. The highest BCUT2D eigenvalue weighted by Crippen LogP contribution is 2.46. The second-order valence-electron chi connectivity index (χ2n) is 8.64. The number of aromatic nitrogens is 2. The number of benzene rings is 1. The van der Waals surface area contributed by atoms with E-state index in [2.05, 4.69) is 31.8 Å². The molecule has 3 heterocycles. The molecular formula is C23H24N2O5S. The number of carboxylic acid groups (broad SMARTS) is 1. The molecule has 0 saturated carbocycles. The van der Waals surface area contributed by atoms with Gasteiger partial charge in [-0.25, -0.2) is 9.78 Å². The van der Waals surface area contributed by atoms with Gasteiger partial charge in [0, 0.05) is 35.6 Å². The first kappa shape index (κ1) is 21.1. The second-order valence-corrected chi connectivity index (χ2v) is 9.63. The van der Waals surface area contributed by atoms with Crippen molar-refractivity contribution in [2.45, 2.75) is 33.2 Å². The predicted molar refractivity (Wildman–Crippen MR) is 120 cm³/mol. The third-order valence-electron chi connectivity index (χ3n) is 5.68. The van der Waals surface area contributed by atoms with Crippen LogP contribution in [0.25, 0.3) is 21.7 Å². The lowest BCUT2D eigenvalue weighted by Gasteiger charge is -2.39. The van der Waals surface area contributed by atoms with E-state index in [0.29, 0.717) is 23.1 Å². The van der Waals surface area contributed by atoms with Gasteiger partial charge in [-0.15, -0.1) is 0 Å². The van der Waals surface area contributed by atoms with Gasteiger partial charge < -0.3 is 19.1 Å². The number of rotatable bonds is 4. The zero-order chi connectivity index (χ0) is 22.5. The van der Waals surface area contributed by atoms with Crippen LogP contribution in [0.1, 0.15) is 42.7 Å². The monoisotopic (exact) mass is 440 g/mol. The molecule has 7 nitrogen and oxygen atoms in total. The van der Waals surface area contributed by atoms with Crippen molar-refractivity contribution < 1.29 is 19.4 Å². The van der Waals surface area contributed by atoms with Gasteiger partial charge in [0.15, 0.2) is 5.43 Å². The minimum atomic E-state index is -1.22. The number of carbonyl (C=O) groups is 1. The molecule has 0 spiro atoms. The number of nitrogens with zero attached hydrogens (tertiary/aromatic N) is 2. The Bertz CT molecular complexity index is 1240. The van der Waals surface area contributed by atoms with Gasteiger partial charge in [0.1, 0.15) is 11.3 Å². The van der Waals surface area contributed by atoms with Crippen LogP contribution >= 0.6 is 11.3 Å². The molecule has 8 heteroatoms. The smallest absolute Gasteiger partial charge is 0.341 e. The third kappa shape index (κ3) is 3.61. The summed E-state index contributed by atoms with van der Waals surface area (Å²) in [6.07, 6.45) is 3.93. The summed E-state index contributed by atoms with van der Waals surface area (Å²) in [5.41, 5.74) is 2.66. The fourth-order valence-corrected chi connectivity index (χ4v) is 4.84. The lowest BCUT2D eigenvalue weighted by Crippen LogP contribution is -2.32. The molecule has 1 atom stereocenters. The van der Waals surface area contributed by atoms with Crippen LogP contribution in [-0.2, 0) is 6.42 Å². The first-order valence-electron chi connectivity index (χ1n) is 9.85. The average Bonchev–Trinajstić information content (AvgIpc) is 3.20. The molecule has 162 valence electrons. The van der Waals surface area contributed by atoms with Gasteiger partial charge in [-0.1, -0.05) is 32.1 Å². The highest BCUT2D eigenvalue weighted by molar-refractivity contribution is 7.16. The number of hydrogen-bond donors (Lipinski definition) is 1. The Labute approximate surface area is 183 Å². The number of carboxylic acids is 1. The molecule has 3 aromatic rings. The minimum Gasteiger partial charge on any atom is -0.496 e. The number of pyridine rings is 1. The summed E-state index contributed by atoms with van der Waals surface area (Å²) in [7, 11) is 3.19. The Morgan fingerprint density at radius 2 is 1.94 bits per heavy atom. The molecule has 0 aliphatic carbocycles. The fraction of sp³-hybridized carbons (Fsp3) is 0.348. The molecule has 2 aromatic heterocycles. The average molecular weight is 441 g/mol. The predicted octanol–water partition coefficient (Wildman–Crippen LogP) is 4.50. The van der Waals surface area contributed by atoms with E-state index in [1.807, 2.05) is 10.6 Å². The van der Waals surface area contributed by atoms with Crippen molar-refractivity contribution in [3.63, 3.8) is 0 Å². The summed E-state index contributed by atoms with van der Waals surface area (Å²) >= 11 is 1.43. The van der Waals surface area contributed by atoms with Gasteiger partial charge in [0.2, 0.25) is 0 Å². The molecule has 0 fully saturated rings. The summed E-state index contributed by atoms with van der Waals surface area (Å²) in [6.45, 7) is 6.34. The third-order valence-corrected chi connectivity index (χ3v) is 6.68. The number of methoxy groups -OCH3 is 2. The lowest BCUT2D eigenvalue weighted by atomic mass is 9.78. The summed E-state index contributed by atoms with van der Waals surface area (Å²) < 4.78 is 12.8. The first-order valence-corrected chi connectivity index (χ1v) is 10.7. The van der Waals surface area contributed by atoms with E-state index in [9.17, 15) is 14.7 Å².